The van der Waals surface area contributed by atoms with Crippen molar-refractivity contribution in [3.8, 4) is 5.75 Å². The Kier molecular flexibility index (Phi) is 6.88. The summed E-state index contributed by atoms with van der Waals surface area (Å²) >= 11 is 0. The number of rotatable bonds is 8. The third kappa shape index (κ3) is 4.63. The Morgan fingerprint density at radius 2 is 2.14 bits per heavy atom. The van der Waals surface area contributed by atoms with Crippen molar-refractivity contribution in [3.63, 3.8) is 0 Å². The van der Waals surface area contributed by atoms with Crippen LogP contribution in [0.4, 0.5) is 5.69 Å². The zero-order valence-electron chi connectivity index (χ0n) is 16.3. The Balaban J connectivity index is 1.74. The molecule has 3 N–H and O–H groups in total. The number of hydrogen-bond donors (Lipinski definition) is 3. The van der Waals surface area contributed by atoms with E-state index < -0.39 is 6.10 Å². The van der Waals surface area contributed by atoms with Gasteiger partial charge in [0.2, 0.25) is 11.8 Å². The highest BCUT2D eigenvalue weighted by Gasteiger charge is 2.46. The molecule has 3 rings (SSSR count). The van der Waals surface area contributed by atoms with Crippen molar-refractivity contribution in [3.05, 3.63) is 23.8 Å². The van der Waals surface area contributed by atoms with E-state index in [0.29, 0.717) is 18.7 Å². The van der Waals surface area contributed by atoms with Gasteiger partial charge in [-0.2, -0.15) is 0 Å². The Morgan fingerprint density at radius 1 is 1.32 bits per heavy atom. The molecule has 0 radical (unpaired) electrons. The van der Waals surface area contributed by atoms with Crippen LogP contribution in [0, 0.1) is 0 Å². The quantitative estimate of drug-likeness (QED) is 0.614. The highest BCUT2D eigenvalue weighted by atomic mass is 16.6. The lowest BCUT2D eigenvalue weighted by Crippen LogP contribution is -2.47. The van der Waals surface area contributed by atoms with Gasteiger partial charge in [0.15, 0.2) is 0 Å². The third-order valence-electron chi connectivity index (χ3n) is 5.04. The van der Waals surface area contributed by atoms with E-state index in [-0.39, 0.29) is 49.6 Å². The lowest BCUT2D eigenvalue weighted by atomic mass is 9.84. The fraction of sp³-hybridized carbons (Fsp3) is 0.600. The van der Waals surface area contributed by atoms with Crippen LogP contribution in [0.15, 0.2) is 18.2 Å². The van der Waals surface area contributed by atoms with Gasteiger partial charge in [-0.15, -0.1) is 0 Å². The number of amides is 2. The van der Waals surface area contributed by atoms with Gasteiger partial charge < -0.3 is 30.0 Å². The average molecular weight is 392 g/mol. The number of benzene rings is 1. The number of carbonyl (C=O) groups is 2. The van der Waals surface area contributed by atoms with Gasteiger partial charge in [0.1, 0.15) is 24.6 Å². The standard InChI is InChI=1S/C20H28N2O6/c1-3-6-21-18(24)9-13-8-15-14-7-12(22-19(25)11-26-2)4-5-16(14)28-20(15)17(10-23)27-13/h4-5,7,13,15,17,20,23H,3,6,8-11H2,1-2H3,(H,21,24)(H,22,25)/t13-,15-,17+,20+/m1/s1. The van der Waals surface area contributed by atoms with Gasteiger partial charge in [-0.3, -0.25) is 9.59 Å². The van der Waals surface area contributed by atoms with Crippen LogP contribution in [0.5, 0.6) is 5.75 Å². The minimum Gasteiger partial charge on any atom is -0.487 e. The molecule has 2 aliphatic rings. The largest absolute Gasteiger partial charge is 0.487 e. The number of anilines is 1. The van der Waals surface area contributed by atoms with Crippen LogP contribution in [0.1, 0.15) is 37.7 Å². The molecule has 0 bridgehead atoms. The van der Waals surface area contributed by atoms with Crippen LogP contribution in [0.2, 0.25) is 0 Å². The van der Waals surface area contributed by atoms with Gasteiger partial charge in [0, 0.05) is 30.8 Å². The first-order valence-electron chi connectivity index (χ1n) is 9.68. The molecule has 8 nitrogen and oxygen atoms in total. The Hall–Kier alpha value is -2.16. The van der Waals surface area contributed by atoms with E-state index in [4.69, 9.17) is 14.2 Å². The molecule has 1 aromatic carbocycles. The van der Waals surface area contributed by atoms with Gasteiger partial charge >= 0.3 is 0 Å². The normalized spacial score (nSPS) is 25.4. The van der Waals surface area contributed by atoms with Crippen LogP contribution >= 0.6 is 0 Å². The second kappa shape index (κ2) is 9.36. The molecule has 2 amide bonds. The summed E-state index contributed by atoms with van der Waals surface area (Å²) in [5.74, 6) is 0.423. The molecule has 0 aromatic heterocycles. The maximum Gasteiger partial charge on any atom is 0.250 e. The second-order valence-corrected chi connectivity index (χ2v) is 7.19. The predicted molar refractivity (Wildman–Crippen MR) is 102 cm³/mol. The Bertz CT molecular complexity index is 710. The van der Waals surface area contributed by atoms with Crippen molar-refractivity contribution in [1.82, 2.24) is 5.32 Å². The number of carbonyl (C=O) groups excluding carboxylic acids is 2. The van der Waals surface area contributed by atoms with E-state index in [2.05, 4.69) is 10.6 Å². The fourth-order valence-electron chi connectivity index (χ4n) is 3.84. The molecule has 28 heavy (non-hydrogen) atoms. The molecule has 154 valence electrons. The van der Waals surface area contributed by atoms with Crippen LogP contribution in [0.3, 0.4) is 0 Å². The first-order valence-corrected chi connectivity index (χ1v) is 9.68. The Morgan fingerprint density at radius 3 is 2.86 bits per heavy atom. The first kappa shape index (κ1) is 20.6. The maximum atomic E-state index is 12.1. The van der Waals surface area contributed by atoms with Gasteiger partial charge in [-0.25, -0.2) is 0 Å². The SMILES string of the molecule is CCCNC(=O)C[C@H]1C[C@@H]2c3cc(NC(=O)COC)ccc3O[C@@H]2[C@H](CO)O1. The summed E-state index contributed by atoms with van der Waals surface area (Å²) in [5.41, 5.74) is 1.62. The van der Waals surface area contributed by atoms with Crippen molar-refractivity contribution in [2.75, 3.05) is 32.2 Å². The number of aliphatic hydroxyl groups is 1. The summed E-state index contributed by atoms with van der Waals surface area (Å²) in [6.07, 6.45) is 0.640. The van der Waals surface area contributed by atoms with Crippen molar-refractivity contribution in [2.45, 2.75) is 50.4 Å². The molecule has 2 heterocycles. The minimum atomic E-state index is -0.498. The van der Waals surface area contributed by atoms with Crippen molar-refractivity contribution < 1.29 is 28.9 Å². The minimum absolute atomic E-state index is 0.0100. The van der Waals surface area contributed by atoms with Crippen LogP contribution in [-0.4, -0.2) is 62.1 Å². The van der Waals surface area contributed by atoms with Gasteiger partial charge in [-0.05, 0) is 31.0 Å². The molecule has 8 heteroatoms. The lowest BCUT2D eigenvalue weighted by Gasteiger charge is -2.37. The van der Waals surface area contributed by atoms with Crippen LogP contribution < -0.4 is 15.4 Å². The second-order valence-electron chi connectivity index (χ2n) is 7.19. The number of hydrogen-bond acceptors (Lipinski definition) is 6. The number of aliphatic hydroxyl groups excluding tert-OH is 1. The zero-order valence-corrected chi connectivity index (χ0v) is 16.3. The summed E-state index contributed by atoms with van der Waals surface area (Å²) in [7, 11) is 1.47. The lowest BCUT2D eigenvalue weighted by molar-refractivity contribution is -0.142. The van der Waals surface area contributed by atoms with E-state index in [1.54, 1.807) is 6.07 Å². The number of fused-ring (bicyclic) bond motifs is 3. The smallest absolute Gasteiger partial charge is 0.250 e. The molecule has 0 saturated carbocycles. The molecular formula is C20H28N2O6. The van der Waals surface area contributed by atoms with Crippen molar-refractivity contribution in [2.24, 2.45) is 0 Å². The van der Waals surface area contributed by atoms with Crippen molar-refractivity contribution in [1.29, 1.82) is 0 Å². The zero-order chi connectivity index (χ0) is 20.1. The first-order chi connectivity index (χ1) is 13.5. The van der Waals surface area contributed by atoms with E-state index in [1.165, 1.54) is 7.11 Å². The van der Waals surface area contributed by atoms with Gasteiger partial charge in [0.25, 0.3) is 0 Å². The fourth-order valence-corrected chi connectivity index (χ4v) is 3.84. The molecule has 0 spiro atoms. The highest BCUT2D eigenvalue weighted by molar-refractivity contribution is 5.91. The third-order valence-corrected chi connectivity index (χ3v) is 5.04. The average Bonchev–Trinajstić information content (AvgIpc) is 3.04. The molecule has 1 saturated heterocycles. The van der Waals surface area contributed by atoms with E-state index in [1.807, 2.05) is 19.1 Å². The van der Waals surface area contributed by atoms with Gasteiger partial charge in [0.05, 0.1) is 19.1 Å². The molecule has 4 atom stereocenters. The summed E-state index contributed by atoms with van der Waals surface area (Å²) < 4.78 is 16.8. The van der Waals surface area contributed by atoms with E-state index in [9.17, 15) is 14.7 Å². The molecule has 2 aliphatic heterocycles. The van der Waals surface area contributed by atoms with Gasteiger partial charge in [-0.1, -0.05) is 6.92 Å². The highest BCUT2D eigenvalue weighted by Crippen LogP contribution is 2.47. The monoisotopic (exact) mass is 392 g/mol. The summed E-state index contributed by atoms with van der Waals surface area (Å²) in [6.45, 7) is 2.44. The number of ether oxygens (including phenoxy) is 3. The molecular weight excluding hydrogens is 364 g/mol. The van der Waals surface area contributed by atoms with Crippen molar-refractivity contribution >= 4 is 17.5 Å². The Labute approximate surface area is 164 Å². The van der Waals surface area contributed by atoms with E-state index in [0.717, 1.165) is 17.7 Å². The topological polar surface area (TPSA) is 106 Å². The van der Waals surface area contributed by atoms with Crippen LogP contribution in [-0.2, 0) is 19.1 Å². The number of methoxy groups -OCH3 is 1. The molecule has 1 fully saturated rings. The maximum absolute atomic E-state index is 12.1. The summed E-state index contributed by atoms with van der Waals surface area (Å²) in [4.78, 5) is 23.9. The molecule has 0 unspecified atom stereocenters. The van der Waals surface area contributed by atoms with Crippen LogP contribution in [0.25, 0.3) is 0 Å². The summed E-state index contributed by atoms with van der Waals surface area (Å²) in [5, 5.41) is 15.4. The summed E-state index contributed by atoms with van der Waals surface area (Å²) in [6, 6.07) is 5.48. The molecule has 0 aliphatic carbocycles. The van der Waals surface area contributed by atoms with E-state index >= 15 is 0 Å². The molecule has 1 aromatic rings. The number of nitrogens with one attached hydrogen (secondary N) is 2. The predicted octanol–water partition coefficient (Wildman–Crippen LogP) is 1.18.